The van der Waals surface area contributed by atoms with Crippen LogP contribution in [-0.4, -0.2) is 11.9 Å². The SMILES string of the molecule is Cc1ccccc1NC(=O)[C@@H]1CCCC[C@@H]1N. The largest absolute Gasteiger partial charge is 0.327 e. The zero-order valence-electron chi connectivity index (χ0n) is 10.3. The maximum atomic E-state index is 12.1. The van der Waals surface area contributed by atoms with Gasteiger partial charge in [-0.3, -0.25) is 4.79 Å². The van der Waals surface area contributed by atoms with Crippen molar-refractivity contribution in [3.05, 3.63) is 29.8 Å². The molecular weight excluding hydrogens is 212 g/mol. The first-order valence-corrected chi connectivity index (χ1v) is 6.30. The number of nitrogens with one attached hydrogen (secondary N) is 1. The van der Waals surface area contributed by atoms with Crippen LogP contribution in [0.4, 0.5) is 5.69 Å². The van der Waals surface area contributed by atoms with Crippen LogP contribution in [0.1, 0.15) is 31.2 Å². The van der Waals surface area contributed by atoms with Crippen molar-refractivity contribution in [1.29, 1.82) is 0 Å². The van der Waals surface area contributed by atoms with Crippen LogP contribution < -0.4 is 11.1 Å². The van der Waals surface area contributed by atoms with Crippen LogP contribution in [-0.2, 0) is 4.79 Å². The van der Waals surface area contributed by atoms with Gasteiger partial charge in [0, 0.05) is 11.7 Å². The van der Waals surface area contributed by atoms with Crippen molar-refractivity contribution in [1.82, 2.24) is 0 Å². The monoisotopic (exact) mass is 232 g/mol. The third-order valence-corrected chi connectivity index (χ3v) is 3.56. The van der Waals surface area contributed by atoms with E-state index in [0.717, 1.165) is 36.9 Å². The standard InChI is InChI=1S/C14H20N2O/c1-10-6-2-5-9-13(10)16-14(17)11-7-3-4-8-12(11)15/h2,5-6,9,11-12H,3-4,7-8,15H2,1H3,(H,16,17)/t11-,12+/m1/s1. The van der Waals surface area contributed by atoms with Gasteiger partial charge in [0.25, 0.3) is 0 Å². The molecule has 17 heavy (non-hydrogen) atoms. The molecule has 1 aromatic carbocycles. The molecule has 0 spiro atoms. The van der Waals surface area contributed by atoms with Gasteiger partial charge in [-0.1, -0.05) is 31.0 Å². The fraction of sp³-hybridized carbons (Fsp3) is 0.500. The number of anilines is 1. The molecule has 1 aromatic rings. The highest BCUT2D eigenvalue weighted by Crippen LogP contribution is 2.25. The number of para-hydroxylation sites is 1. The Balaban J connectivity index is 2.03. The molecule has 2 atom stereocenters. The summed E-state index contributed by atoms with van der Waals surface area (Å²) in [6.07, 6.45) is 4.14. The van der Waals surface area contributed by atoms with E-state index in [0.29, 0.717) is 0 Å². The average Bonchev–Trinajstić information content (AvgIpc) is 2.32. The molecule has 1 aliphatic carbocycles. The number of aryl methyl sites for hydroxylation is 1. The number of rotatable bonds is 2. The predicted octanol–water partition coefficient (Wildman–Crippen LogP) is 2.45. The predicted molar refractivity (Wildman–Crippen MR) is 69.7 cm³/mol. The average molecular weight is 232 g/mol. The van der Waals surface area contributed by atoms with Crippen LogP contribution in [0, 0.1) is 12.8 Å². The minimum atomic E-state index is -0.0247. The minimum Gasteiger partial charge on any atom is -0.327 e. The Bertz CT molecular complexity index is 403. The molecule has 0 radical (unpaired) electrons. The molecule has 1 fully saturated rings. The van der Waals surface area contributed by atoms with E-state index in [1.807, 2.05) is 31.2 Å². The van der Waals surface area contributed by atoms with Crippen molar-refractivity contribution in [2.24, 2.45) is 11.7 Å². The summed E-state index contributed by atoms with van der Waals surface area (Å²) in [5.41, 5.74) is 8.00. The highest BCUT2D eigenvalue weighted by molar-refractivity contribution is 5.93. The van der Waals surface area contributed by atoms with Crippen molar-refractivity contribution in [2.45, 2.75) is 38.6 Å². The van der Waals surface area contributed by atoms with Crippen molar-refractivity contribution >= 4 is 11.6 Å². The number of carbonyl (C=O) groups excluding carboxylic acids is 1. The Morgan fingerprint density at radius 3 is 2.71 bits per heavy atom. The minimum absolute atomic E-state index is 0.0211. The molecule has 0 unspecified atom stereocenters. The number of carbonyl (C=O) groups is 1. The van der Waals surface area contributed by atoms with E-state index in [-0.39, 0.29) is 17.9 Å². The molecule has 0 heterocycles. The molecule has 0 aliphatic heterocycles. The smallest absolute Gasteiger partial charge is 0.229 e. The molecule has 0 saturated heterocycles. The molecule has 92 valence electrons. The summed E-state index contributed by atoms with van der Waals surface area (Å²) in [6, 6.07) is 7.85. The van der Waals surface area contributed by atoms with Crippen LogP contribution in [0.25, 0.3) is 0 Å². The van der Waals surface area contributed by atoms with Gasteiger partial charge in [-0.05, 0) is 31.4 Å². The first-order valence-electron chi connectivity index (χ1n) is 6.30. The molecule has 3 N–H and O–H groups in total. The number of amides is 1. The van der Waals surface area contributed by atoms with Crippen LogP contribution in [0.5, 0.6) is 0 Å². The number of hydrogen-bond acceptors (Lipinski definition) is 2. The van der Waals surface area contributed by atoms with Gasteiger partial charge in [-0.25, -0.2) is 0 Å². The normalized spacial score (nSPS) is 24.4. The lowest BCUT2D eigenvalue weighted by Gasteiger charge is -2.27. The summed E-state index contributed by atoms with van der Waals surface area (Å²) >= 11 is 0. The van der Waals surface area contributed by atoms with Crippen LogP contribution in [0.15, 0.2) is 24.3 Å². The Kier molecular flexibility index (Phi) is 3.79. The fourth-order valence-electron chi connectivity index (χ4n) is 2.42. The summed E-state index contributed by atoms with van der Waals surface area (Å²) in [6.45, 7) is 2.00. The van der Waals surface area contributed by atoms with E-state index in [1.165, 1.54) is 0 Å². The molecule has 0 aromatic heterocycles. The van der Waals surface area contributed by atoms with E-state index >= 15 is 0 Å². The number of benzene rings is 1. The van der Waals surface area contributed by atoms with E-state index < -0.39 is 0 Å². The Hall–Kier alpha value is -1.35. The van der Waals surface area contributed by atoms with Gasteiger partial charge in [-0.15, -0.1) is 0 Å². The molecule has 1 amide bonds. The van der Waals surface area contributed by atoms with Gasteiger partial charge < -0.3 is 11.1 Å². The third kappa shape index (κ3) is 2.86. The van der Waals surface area contributed by atoms with Crippen molar-refractivity contribution in [3.63, 3.8) is 0 Å². The van der Waals surface area contributed by atoms with E-state index in [2.05, 4.69) is 5.32 Å². The second kappa shape index (κ2) is 5.32. The lowest BCUT2D eigenvalue weighted by atomic mass is 9.84. The van der Waals surface area contributed by atoms with Crippen molar-refractivity contribution in [2.75, 3.05) is 5.32 Å². The first kappa shape index (κ1) is 12.1. The molecule has 1 aliphatic rings. The Labute approximate surface area is 102 Å². The second-order valence-electron chi connectivity index (χ2n) is 4.86. The van der Waals surface area contributed by atoms with Crippen LogP contribution in [0.3, 0.4) is 0 Å². The quantitative estimate of drug-likeness (QED) is 0.823. The van der Waals surface area contributed by atoms with E-state index in [9.17, 15) is 4.79 Å². The third-order valence-electron chi connectivity index (χ3n) is 3.56. The summed E-state index contributed by atoms with van der Waals surface area (Å²) in [4.78, 5) is 12.1. The van der Waals surface area contributed by atoms with E-state index in [1.54, 1.807) is 0 Å². The zero-order valence-corrected chi connectivity index (χ0v) is 10.3. The highest BCUT2D eigenvalue weighted by Gasteiger charge is 2.28. The van der Waals surface area contributed by atoms with Gasteiger partial charge in [0.2, 0.25) is 5.91 Å². The van der Waals surface area contributed by atoms with E-state index in [4.69, 9.17) is 5.73 Å². The Morgan fingerprint density at radius 1 is 1.29 bits per heavy atom. The summed E-state index contributed by atoms with van der Waals surface area (Å²) in [7, 11) is 0. The van der Waals surface area contributed by atoms with Crippen LogP contribution in [0.2, 0.25) is 0 Å². The van der Waals surface area contributed by atoms with Crippen LogP contribution >= 0.6 is 0 Å². The molecule has 0 bridgehead atoms. The molecule has 2 rings (SSSR count). The maximum absolute atomic E-state index is 12.1. The summed E-state index contributed by atoms with van der Waals surface area (Å²) in [5, 5.41) is 2.99. The van der Waals surface area contributed by atoms with Gasteiger partial charge in [0.1, 0.15) is 0 Å². The molecule has 3 nitrogen and oxygen atoms in total. The lowest BCUT2D eigenvalue weighted by molar-refractivity contribution is -0.121. The topological polar surface area (TPSA) is 55.1 Å². The van der Waals surface area contributed by atoms with Gasteiger partial charge in [-0.2, -0.15) is 0 Å². The molecular formula is C14H20N2O. The fourth-order valence-corrected chi connectivity index (χ4v) is 2.42. The number of nitrogens with two attached hydrogens (primary N) is 1. The lowest BCUT2D eigenvalue weighted by Crippen LogP contribution is -2.40. The molecule has 3 heteroatoms. The van der Waals surface area contributed by atoms with Crippen molar-refractivity contribution in [3.8, 4) is 0 Å². The highest BCUT2D eigenvalue weighted by atomic mass is 16.1. The summed E-state index contributed by atoms with van der Waals surface area (Å²) in [5.74, 6) is 0.0508. The van der Waals surface area contributed by atoms with Gasteiger partial charge in [0.15, 0.2) is 0 Å². The second-order valence-corrected chi connectivity index (χ2v) is 4.86. The summed E-state index contributed by atoms with van der Waals surface area (Å²) < 4.78 is 0. The van der Waals surface area contributed by atoms with Gasteiger partial charge in [0.05, 0.1) is 5.92 Å². The van der Waals surface area contributed by atoms with Gasteiger partial charge >= 0.3 is 0 Å². The maximum Gasteiger partial charge on any atom is 0.229 e. The van der Waals surface area contributed by atoms with Crippen molar-refractivity contribution < 1.29 is 4.79 Å². The first-order chi connectivity index (χ1) is 8.18. The zero-order chi connectivity index (χ0) is 12.3. The molecule has 1 saturated carbocycles. The Morgan fingerprint density at radius 2 is 2.00 bits per heavy atom. The number of hydrogen-bond donors (Lipinski definition) is 2.